The van der Waals surface area contributed by atoms with Gasteiger partial charge in [0, 0.05) is 64.9 Å². The van der Waals surface area contributed by atoms with Crippen LogP contribution in [-0.2, 0) is 9.59 Å². The molecule has 0 N–H and O–H groups in total. The molecule has 0 aliphatic carbocycles. The van der Waals surface area contributed by atoms with Crippen molar-refractivity contribution < 1.29 is 14.0 Å². The Kier molecular flexibility index (Phi) is 5.89. The van der Waals surface area contributed by atoms with E-state index in [0.717, 1.165) is 29.7 Å². The molecular formula is C23H28FN5O2. The van der Waals surface area contributed by atoms with Gasteiger partial charge in [-0.15, -0.1) is 0 Å². The number of halogens is 1. The van der Waals surface area contributed by atoms with Crippen molar-refractivity contribution in [1.29, 1.82) is 0 Å². The topological polar surface area (TPSA) is 69.6 Å². The van der Waals surface area contributed by atoms with Crippen LogP contribution in [0, 0.1) is 11.7 Å². The van der Waals surface area contributed by atoms with Gasteiger partial charge in [-0.3, -0.25) is 9.59 Å². The minimum Gasteiger partial charge on any atom is -0.347 e. The summed E-state index contributed by atoms with van der Waals surface area (Å²) >= 11 is 0. The predicted molar refractivity (Wildman–Crippen MR) is 116 cm³/mol. The first-order valence-electron chi connectivity index (χ1n) is 10.7. The largest absolute Gasteiger partial charge is 0.347 e. The lowest BCUT2D eigenvalue weighted by Gasteiger charge is -2.34. The number of rotatable bonds is 4. The van der Waals surface area contributed by atoms with Crippen LogP contribution in [0.25, 0.3) is 11.1 Å². The van der Waals surface area contributed by atoms with Crippen LogP contribution < -0.4 is 4.90 Å². The third-order valence-corrected chi connectivity index (χ3v) is 6.24. The molecular weight excluding hydrogens is 397 g/mol. The molecule has 2 aliphatic heterocycles. The van der Waals surface area contributed by atoms with Gasteiger partial charge in [-0.2, -0.15) is 0 Å². The summed E-state index contributed by atoms with van der Waals surface area (Å²) in [6.45, 7) is 1.79. The summed E-state index contributed by atoms with van der Waals surface area (Å²) in [6.07, 6.45) is 3.70. The summed E-state index contributed by atoms with van der Waals surface area (Å²) in [5.41, 5.74) is 2.72. The number of anilines is 1. The molecule has 1 aromatic carbocycles. The van der Waals surface area contributed by atoms with E-state index in [1.807, 2.05) is 30.1 Å². The average molecular weight is 426 g/mol. The highest BCUT2D eigenvalue weighted by Gasteiger charge is 2.36. The van der Waals surface area contributed by atoms with Gasteiger partial charge in [-0.25, -0.2) is 14.4 Å². The highest BCUT2D eigenvalue weighted by Crippen LogP contribution is 2.35. The Hall–Kier alpha value is -3.03. The second kappa shape index (κ2) is 8.61. The van der Waals surface area contributed by atoms with Gasteiger partial charge in [0.15, 0.2) is 0 Å². The fraction of sp³-hybridized carbons (Fsp3) is 0.478. The molecule has 7 nitrogen and oxygen atoms in total. The Morgan fingerprint density at radius 2 is 1.84 bits per heavy atom. The molecule has 3 heterocycles. The van der Waals surface area contributed by atoms with E-state index in [1.54, 1.807) is 24.1 Å². The van der Waals surface area contributed by atoms with Crippen LogP contribution in [0.2, 0.25) is 0 Å². The monoisotopic (exact) mass is 425 g/mol. The molecule has 2 fully saturated rings. The molecule has 0 unspecified atom stereocenters. The van der Waals surface area contributed by atoms with Crippen LogP contribution in [0.1, 0.15) is 30.9 Å². The second-order valence-corrected chi connectivity index (χ2v) is 8.65. The maximum Gasteiger partial charge on any atom is 0.227 e. The van der Waals surface area contributed by atoms with E-state index in [2.05, 4.69) is 4.98 Å². The SMILES string of the molecule is CN1C[C@@H](C(=O)N2CCC(c3nc(N(C)C)ncc3-c3ccc(F)cc3)CC2)CC1=O. The zero-order valence-electron chi connectivity index (χ0n) is 18.2. The molecule has 1 aromatic heterocycles. The van der Waals surface area contributed by atoms with Crippen LogP contribution in [0.15, 0.2) is 30.5 Å². The van der Waals surface area contributed by atoms with E-state index in [4.69, 9.17) is 4.98 Å². The molecule has 0 saturated carbocycles. The number of piperidine rings is 1. The second-order valence-electron chi connectivity index (χ2n) is 8.65. The third kappa shape index (κ3) is 4.38. The molecule has 8 heteroatoms. The molecule has 2 amide bonds. The van der Waals surface area contributed by atoms with E-state index in [-0.39, 0.29) is 29.5 Å². The quantitative estimate of drug-likeness (QED) is 0.753. The molecule has 31 heavy (non-hydrogen) atoms. The lowest BCUT2D eigenvalue weighted by molar-refractivity contribution is -0.136. The van der Waals surface area contributed by atoms with Crippen molar-refractivity contribution >= 4 is 17.8 Å². The lowest BCUT2D eigenvalue weighted by atomic mass is 9.88. The van der Waals surface area contributed by atoms with Crippen molar-refractivity contribution in [3.8, 4) is 11.1 Å². The molecule has 2 saturated heterocycles. The number of carbonyl (C=O) groups excluding carboxylic acids is 2. The van der Waals surface area contributed by atoms with Crippen LogP contribution in [0.3, 0.4) is 0 Å². The van der Waals surface area contributed by atoms with Gasteiger partial charge >= 0.3 is 0 Å². The zero-order valence-corrected chi connectivity index (χ0v) is 18.2. The van der Waals surface area contributed by atoms with Crippen molar-refractivity contribution in [2.45, 2.75) is 25.2 Å². The summed E-state index contributed by atoms with van der Waals surface area (Å²) in [5, 5.41) is 0. The van der Waals surface area contributed by atoms with Gasteiger partial charge in [-0.1, -0.05) is 12.1 Å². The highest BCUT2D eigenvalue weighted by atomic mass is 19.1. The number of hydrogen-bond donors (Lipinski definition) is 0. The number of carbonyl (C=O) groups is 2. The van der Waals surface area contributed by atoms with Gasteiger partial charge in [0.2, 0.25) is 17.8 Å². The van der Waals surface area contributed by atoms with Crippen molar-refractivity contribution in [2.75, 3.05) is 45.7 Å². The molecule has 1 atom stereocenters. The third-order valence-electron chi connectivity index (χ3n) is 6.24. The van der Waals surface area contributed by atoms with E-state index in [0.29, 0.717) is 32.0 Å². The molecule has 4 rings (SSSR count). The zero-order chi connectivity index (χ0) is 22.1. The lowest BCUT2D eigenvalue weighted by Crippen LogP contribution is -2.42. The number of likely N-dealkylation sites (tertiary alicyclic amines) is 2. The molecule has 0 radical (unpaired) electrons. The fourth-order valence-electron chi connectivity index (χ4n) is 4.42. The van der Waals surface area contributed by atoms with E-state index in [9.17, 15) is 14.0 Å². The van der Waals surface area contributed by atoms with Crippen molar-refractivity contribution in [3.63, 3.8) is 0 Å². The maximum absolute atomic E-state index is 13.4. The predicted octanol–water partition coefficient (Wildman–Crippen LogP) is 2.53. The summed E-state index contributed by atoms with van der Waals surface area (Å²) in [7, 11) is 5.55. The van der Waals surface area contributed by atoms with Gasteiger partial charge in [0.25, 0.3) is 0 Å². The Balaban J connectivity index is 1.53. The normalized spacial score (nSPS) is 19.7. The Bertz CT molecular complexity index is 970. The summed E-state index contributed by atoms with van der Waals surface area (Å²) in [6, 6.07) is 6.39. The molecule has 164 valence electrons. The molecule has 0 bridgehead atoms. The van der Waals surface area contributed by atoms with Crippen LogP contribution >= 0.6 is 0 Å². The summed E-state index contributed by atoms with van der Waals surface area (Å²) in [5.74, 6) is 0.411. The number of benzene rings is 1. The standard InChI is InChI=1S/C23H28FN5O2/c1-27(2)23-25-13-19(15-4-6-18(24)7-5-15)21(26-23)16-8-10-29(11-9-16)22(31)17-12-20(30)28(3)14-17/h4-7,13,16-17H,8-12,14H2,1-3H3/t17-/m0/s1. The Morgan fingerprint density at radius 1 is 1.16 bits per heavy atom. The molecule has 2 aromatic rings. The van der Waals surface area contributed by atoms with Gasteiger partial charge in [-0.05, 0) is 30.5 Å². The van der Waals surface area contributed by atoms with Crippen molar-refractivity contribution in [1.82, 2.24) is 19.8 Å². The van der Waals surface area contributed by atoms with Gasteiger partial charge in [0.05, 0.1) is 11.6 Å². The average Bonchev–Trinajstić information content (AvgIpc) is 3.12. The number of hydrogen-bond acceptors (Lipinski definition) is 5. The smallest absolute Gasteiger partial charge is 0.227 e. The van der Waals surface area contributed by atoms with E-state index < -0.39 is 0 Å². The van der Waals surface area contributed by atoms with Gasteiger partial charge in [0.1, 0.15) is 5.82 Å². The number of nitrogens with zero attached hydrogens (tertiary/aromatic N) is 5. The first-order chi connectivity index (χ1) is 14.8. The van der Waals surface area contributed by atoms with Crippen LogP contribution in [0.4, 0.5) is 10.3 Å². The first kappa shape index (κ1) is 21.2. The summed E-state index contributed by atoms with van der Waals surface area (Å²) < 4.78 is 13.4. The fourth-order valence-corrected chi connectivity index (χ4v) is 4.42. The number of amides is 2. The van der Waals surface area contributed by atoms with E-state index in [1.165, 1.54) is 12.1 Å². The van der Waals surface area contributed by atoms with Crippen LogP contribution in [0.5, 0.6) is 0 Å². The van der Waals surface area contributed by atoms with Crippen molar-refractivity contribution in [2.24, 2.45) is 5.92 Å². The van der Waals surface area contributed by atoms with Crippen molar-refractivity contribution in [3.05, 3.63) is 42.0 Å². The maximum atomic E-state index is 13.4. The number of aromatic nitrogens is 2. The Labute approximate surface area is 181 Å². The Morgan fingerprint density at radius 3 is 2.42 bits per heavy atom. The highest BCUT2D eigenvalue weighted by molar-refractivity contribution is 5.89. The molecule has 2 aliphatic rings. The minimum atomic E-state index is -0.279. The van der Waals surface area contributed by atoms with Gasteiger partial charge < -0.3 is 14.7 Å². The summed E-state index contributed by atoms with van der Waals surface area (Å²) in [4.78, 5) is 39.4. The first-order valence-corrected chi connectivity index (χ1v) is 10.7. The van der Waals surface area contributed by atoms with Crippen LogP contribution in [-0.4, -0.2) is 72.4 Å². The minimum absolute atomic E-state index is 0.0365. The van der Waals surface area contributed by atoms with E-state index >= 15 is 0 Å². The molecule has 0 spiro atoms.